The Morgan fingerprint density at radius 1 is 1.16 bits per heavy atom. The number of benzene rings is 1. The number of nitrogens with zero attached hydrogens (tertiary/aromatic N) is 2. The van der Waals surface area contributed by atoms with Gasteiger partial charge in [0.1, 0.15) is 18.0 Å². The Kier molecular flexibility index (Phi) is 6.23. The molecule has 0 radical (unpaired) electrons. The standard InChI is InChI=1S/C32H40N2O4/c1-3-23-18-34-9-7-24(23)13-29(34)31(26-6-8-33-28-5-4-25(36-2)14-27(26)28)37-19-30(35)38-32-15-20-10-21(16-32)12-22(11-20)17-32/h3-6,8,14,20-24,29,31H,1,7,9-13,15-19H2,2H3/t20?,21?,22?,23-,24?,29-,31-,32?/m1/s1. The first kappa shape index (κ1) is 24.6. The van der Waals surface area contributed by atoms with Crippen molar-refractivity contribution < 1.29 is 19.0 Å². The Morgan fingerprint density at radius 3 is 2.58 bits per heavy atom. The van der Waals surface area contributed by atoms with Gasteiger partial charge in [-0.25, -0.2) is 4.79 Å². The number of carbonyl (C=O) groups excluding carboxylic acids is 1. The number of fused-ring (bicyclic) bond motifs is 4. The van der Waals surface area contributed by atoms with Crippen LogP contribution in [0.3, 0.4) is 0 Å². The number of carbonyl (C=O) groups is 1. The lowest BCUT2D eigenvalue weighted by molar-refractivity contribution is -0.194. The molecule has 4 heterocycles. The maximum absolute atomic E-state index is 13.4. The molecule has 2 unspecified atom stereocenters. The van der Waals surface area contributed by atoms with E-state index in [1.165, 1.54) is 25.7 Å². The normalized spacial score (nSPS) is 37.8. The first-order chi connectivity index (χ1) is 18.5. The van der Waals surface area contributed by atoms with E-state index in [9.17, 15) is 4.79 Å². The first-order valence-corrected chi connectivity index (χ1v) is 14.6. The van der Waals surface area contributed by atoms with Crippen molar-refractivity contribution in [2.45, 2.75) is 69.1 Å². The van der Waals surface area contributed by atoms with Gasteiger partial charge in [-0.3, -0.25) is 9.88 Å². The van der Waals surface area contributed by atoms with Crippen molar-refractivity contribution in [1.29, 1.82) is 0 Å². The molecule has 9 rings (SSSR count). The van der Waals surface area contributed by atoms with Gasteiger partial charge in [0, 0.05) is 24.2 Å². The second kappa shape index (κ2) is 9.63. The molecule has 3 aliphatic heterocycles. The number of esters is 1. The van der Waals surface area contributed by atoms with Crippen LogP contribution in [0.1, 0.15) is 63.0 Å². The van der Waals surface area contributed by atoms with Gasteiger partial charge < -0.3 is 14.2 Å². The first-order valence-electron chi connectivity index (χ1n) is 14.6. The zero-order valence-corrected chi connectivity index (χ0v) is 22.5. The Hall–Kier alpha value is -2.44. The van der Waals surface area contributed by atoms with Crippen LogP contribution in [-0.4, -0.2) is 54.3 Å². The monoisotopic (exact) mass is 516 g/mol. The van der Waals surface area contributed by atoms with Gasteiger partial charge in [0.2, 0.25) is 0 Å². The average Bonchev–Trinajstić information content (AvgIpc) is 2.92. The van der Waals surface area contributed by atoms with Gasteiger partial charge in [-0.2, -0.15) is 0 Å². The van der Waals surface area contributed by atoms with Crippen molar-refractivity contribution in [1.82, 2.24) is 9.88 Å². The van der Waals surface area contributed by atoms with Crippen molar-refractivity contribution >= 4 is 16.9 Å². The van der Waals surface area contributed by atoms with Crippen LogP contribution in [0.4, 0.5) is 0 Å². The average molecular weight is 517 g/mol. The summed E-state index contributed by atoms with van der Waals surface area (Å²) in [4.78, 5) is 20.5. The summed E-state index contributed by atoms with van der Waals surface area (Å²) in [6.45, 7) is 6.15. The molecule has 1 aromatic carbocycles. The second-order valence-corrected chi connectivity index (χ2v) is 12.8. The zero-order valence-electron chi connectivity index (χ0n) is 22.5. The molecule has 7 aliphatic rings. The van der Waals surface area contributed by atoms with Crippen molar-refractivity contribution in [2.24, 2.45) is 29.6 Å². The van der Waals surface area contributed by atoms with E-state index in [-0.39, 0.29) is 30.3 Å². The van der Waals surface area contributed by atoms with Gasteiger partial charge in [-0.1, -0.05) is 6.08 Å². The molecule has 5 atom stereocenters. The van der Waals surface area contributed by atoms with E-state index in [0.717, 1.165) is 78.7 Å². The molecule has 6 bridgehead atoms. The Morgan fingerprint density at radius 2 is 1.92 bits per heavy atom. The minimum Gasteiger partial charge on any atom is -0.497 e. The highest BCUT2D eigenvalue weighted by Gasteiger charge is 2.53. The molecule has 6 heteroatoms. The van der Waals surface area contributed by atoms with Gasteiger partial charge in [0.05, 0.1) is 18.7 Å². The van der Waals surface area contributed by atoms with Gasteiger partial charge in [-0.15, -0.1) is 6.58 Å². The lowest BCUT2D eigenvalue weighted by Gasteiger charge is -2.55. The molecule has 0 N–H and O–H groups in total. The lowest BCUT2D eigenvalue weighted by atomic mass is 9.54. The van der Waals surface area contributed by atoms with Crippen LogP contribution in [0.2, 0.25) is 0 Å². The summed E-state index contributed by atoms with van der Waals surface area (Å²) in [5.41, 5.74) is 1.74. The molecule has 202 valence electrons. The van der Waals surface area contributed by atoms with Gasteiger partial charge in [0.15, 0.2) is 0 Å². The number of rotatable bonds is 8. The second-order valence-electron chi connectivity index (χ2n) is 12.8. The quantitative estimate of drug-likeness (QED) is 0.331. The summed E-state index contributed by atoms with van der Waals surface area (Å²) < 4.78 is 18.5. The van der Waals surface area contributed by atoms with Gasteiger partial charge in [-0.05, 0) is 117 Å². The number of hydrogen-bond acceptors (Lipinski definition) is 6. The smallest absolute Gasteiger partial charge is 0.332 e. The van der Waals surface area contributed by atoms with Crippen molar-refractivity contribution in [3.63, 3.8) is 0 Å². The Bertz CT molecular complexity index is 1190. The molecule has 38 heavy (non-hydrogen) atoms. The highest BCUT2D eigenvalue weighted by Crippen LogP contribution is 2.57. The van der Waals surface area contributed by atoms with E-state index >= 15 is 0 Å². The van der Waals surface area contributed by atoms with E-state index in [0.29, 0.717) is 11.8 Å². The van der Waals surface area contributed by atoms with Crippen LogP contribution in [-0.2, 0) is 14.3 Å². The molecule has 6 nitrogen and oxygen atoms in total. The largest absolute Gasteiger partial charge is 0.497 e. The number of aromatic nitrogens is 1. The van der Waals surface area contributed by atoms with E-state index in [1.807, 2.05) is 24.4 Å². The third-order valence-corrected chi connectivity index (χ3v) is 10.5. The van der Waals surface area contributed by atoms with Crippen molar-refractivity contribution in [3.05, 3.63) is 48.7 Å². The number of pyridine rings is 1. The van der Waals surface area contributed by atoms with Crippen LogP contribution >= 0.6 is 0 Å². The van der Waals surface area contributed by atoms with Gasteiger partial charge >= 0.3 is 5.97 Å². The maximum Gasteiger partial charge on any atom is 0.332 e. The molecular weight excluding hydrogens is 476 g/mol. The fraction of sp³-hybridized carbons (Fsp3) is 0.625. The molecule has 1 aromatic heterocycles. The zero-order chi connectivity index (χ0) is 25.9. The van der Waals surface area contributed by atoms with Crippen molar-refractivity contribution in [3.8, 4) is 5.75 Å². The third-order valence-electron chi connectivity index (χ3n) is 10.5. The fourth-order valence-corrected chi connectivity index (χ4v) is 9.21. The highest BCUT2D eigenvalue weighted by molar-refractivity contribution is 5.84. The van der Waals surface area contributed by atoms with E-state index in [2.05, 4.69) is 28.6 Å². The Balaban J connectivity index is 1.15. The minimum absolute atomic E-state index is 0.0138. The fourth-order valence-electron chi connectivity index (χ4n) is 9.21. The summed E-state index contributed by atoms with van der Waals surface area (Å²) >= 11 is 0. The molecule has 2 aromatic rings. The highest BCUT2D eigenvalue weighted by atomic mass is 16.6. The lowest BCUT2D eigenvalue weighted by Crippen LogP contribution is -2.55. The summed E-state index contributed by atoms with van der Waals surface area (Å²) in [5.74, 6) is 3.95. The number of hydrogen-bond donors (Lipinski definition) is 0. The minimum atomic E-state index is -0.245. The summed E-state index contributed by atoms with van der Waals surface area (Å²) in [7, 11) is 1.69. The summed E-state index contributed by atoms with van der Waals surface area (Å²) in [6.07, 6.45) is 13.1. The summed E-state index contributed by atoms with van der Waals surface area (Å²) in [5, 5.41) is 1.02. The SMILES string of the molecule is C=C[C@@H]1CN2CCC1C[C@@H]2[C@H](OCC(=O)OC12CC3CC(CC(C3)C1)C2)c1ccnc2ccc(OC)cc12. The van der Waals surface area contributed by atoms with Crippen LogP contribution in [0.5, 0.6) is 5.75 Å². The summed E-state index contributed by atoms with van der Waals surface area (Å²) in [6, 6.07) is 8.25. The van der Waals surface area contributed by atoms with Crippen LogP contribution in [0, 0.1) is 29.6 Å². The topological polar surface area (TPSA) is 60.9 Å². The molecule has 3 saturated heterocycles. The van der Waals surface area contributed by atoms with Crippen LogP contribution in [0.25, 0.3) is 10.9 Å². The number of methoxy groups -OCH3 is 1. The van der Waals surface area contributed by atoms with Crippen molar-refractivity contribution in [2.75, 3.05) is 26.8 Å². The maximum atomic E-state index is 13.4. The molecule has 0 amide bonds. The van der Waals surface area contributed by atoms with Crippen LogP contribution < -0.4 is 4.74 Å². The van der Waals surface area contributed by atoms with Crippen LogP contribution in [0.15, 0.2) is 43.1 Å². The molecular formula is C32H40N2O4. The third kappa shape index (κ3) is 4.34. The molecule has 7 fully saturated rings. The van der Waals surface area contributed by atoms with Gasteiger partial charge in [0.25, 0.3) is 0 Å². The Labute approximate surface area is 225 Å². The predicted molar refractivity (Wildman–Crippen MR) is 146 cm³/mol. The number of ether oxygens (including phenoxy) is 3. The predicted octanol–water partition coefficient (Wildman–Crippen LogP) is 5.71. The van der Waals surface area contributed by atoms with E-state index in [4.69, 9.17) is 14.2 Å². The molecule has 0 spiro atoms. The number of piperidine rings is 3. The van der Waals surface area contributed by atoms with E-state index < -0.39 is 0 Å². The van der Waals surface area contributed by atoms with E-state index in [1.54, 1.807) is 7.11 Å². The molecule has 4 aliphatic carbocycles. The molecule has 4 saturated carbocycles.